The highest BCUT2D eigenvalue weighted by Crippen LogP contribution is 2.20. The number of aliphatic hydroxyl groups is 1. The summed E-state index contributed by atoms with van der Waals surface area (Å²) >= 11 is 3.10. The van der Waals surface area contributed by atoms with Gasteiger partial charge in [0.2, 0.25) is 0 Å². The van der Waals surface area contributed by atoms with Gasteiger partial charge in [0.25, 0.3) is 5.91 Å². The van der Waals surface area contributed by atoms with E-state index in [0.717, 1.165) is 0 Å². The Morgan fingerprint density at radius 2 is 2.10 bits per heavy atom. The quantitative estimate of drug-likeness (QED) is 0.898. The standard InChI is InChI=1S/C14H13BrFNO3/c1-14(19,10-2-4-11(16)5-3-10)8-17-13(18)9-6-12(15)20-7-9/h2-7,19H,8H2,1H3,(H,17,18). The predicted octanol–water partition coefficient (Wildman–Crippen LogP) is 2.82. The van der Waals surface area contributed by atoms with Crippen molar-refractivity contribution >= 4 is 21.8 Å². The first-order valence-corrected chi connectivity index (χ1v) is 6.68. The molecule has 2 rings (SSSR count). The van der Waals surface area contributed by atoms with Crippen molar-refractivity contribution < 1.29 is 18.7 Å². The van der Waals surface area contributed by atoms with Crippen LogP contribution in [0.25, 0.3) is 0 Å². The van der Waals surface area contributed by atoms with Gasteiger partial charge >= 0.3 is 0 Å². The Bertz CT molecular complexity index is 607. The Kier molecular flexibility index (Phi) is 4.25. The van der Waals surface area contributed by atoms with Crippen LogP contribution < -0.4 is 5.32 Å². The number of hydrogen-bond donors (Lipinski definition) is 2. The van der Waals surface area contributed by atoms with Gasteiger partial charge < -0.3 is 14.8 Å². The van der Waals surface area contributed by atoms with E-state index in [9.17, 15) is 14.3 Å². The maximum atomic E-state index is 12.8. The highest BCUT2D eigenvalue weighted by atomic mass is 79.9. The number of halogens is 2. The Labute approximate surface area is 123 Å². The molecule has 6 heteroatoms. The third-order valence-corrected chi connectivity index (χ3v) is 3.30. The fourth-order valence-corrected chi connectivity index (χ4v) is 2.03. The minimum atomic E-state index is -1.29. The Morgan fingerprint density at radius 1 is 1.45 bits per heavy atom. The lowest BCUT2D eigenvalue weighted by Gasteiger charge is -2.24. The van der Waals surface area contributed by atoms with E-state index < -0.39 is 5.60 Å². The van der Waals surface area contributed by atoms with E-state index in [-0.39, 0.29) is 18.3 Å². The number of benzene rings is 1. The zero-order valence-corrected chi connectivity index (χ0v) is 12.3. The first kappa shape index (κ1) is 14.7. The summed E-state index contributed by atoms with van der Waals surface area (Å²) in [6, 6.07) is 7.02. The topological polar surface area (TPSA) is 62.5 Å². The molecule has 2 N–H and O–H groups in total. The maximum absolute atomic E-state index is 12.8. The summed E-state index contributed by atoms with van der Waals surface area (Å²) in [6.45, 7) is 1.55. The normalized spacial score (nSPS) is 13.8. The van der Waals surface area contributed by atoms with Crippen molar-refractivity contribution in [1.82, 2.24) is 5.32 Å². The van der Waals surface area contributed by atoms with E-state index in [0.29, 0.717) is 15.8 Å². The molecule has 1 heterocycles. The van der Waals surface area contributed by atoms with Crippen LogP contribution in [0.4, 0.5) is 4.39 Å². The molecule has 0 saturated carbocycles. The van der Waals surface area contributed by atoms with Crippen molar-refractivity contribution in [1.29, 1.82) is 0 Å². The van der Waals surface area contributed by atoms with Gasteiger partial charge in [0.1, 0.15) is 17.7 Å². The number of furan rings is 1. The molecule has 1 atom stereocenters. The molecule has 0 aliphatic carbocycles. The number of rotatable bonds is 4. The van der Waals surface area contributed by atoms with Crippen molar-refractivity contribution in [3.05, 3.63) is 58.2 Å². The molecule has 1 aromatic carbocycles. The molecule has 0 aliphatic rings. The molecule has 1 amide bonds. The molecule has 1 aromatic heterocycles. The monoisotopic (exact) mass is 341 g/mol. The summed E-state index contributed by atoms with van der Waals surface area (Å²) in [7, 11) is 0. The van der Waals surface area contributed by atoms with E-state index in [1.165, 1.54) is 36.6 Å². The summed E-state index contributed by atoms with van der Waals surface area (Å²) in [6.07, 6.45) is 1.31. The third-order valence-electron chi connectivity index (χ3n) is 2.89. The van der Waals surface area contributed by atoms with Crippen LogP contribution in [-0.4, -0.2) is 17.6 Å². The number of carbonyl (C=O) groups is 1. The van der Waals surface area contributed by atoms with Gasteiger partial charge in [0.05, 0.1) is 12.1 Å². The molecular weight excluding hydrogens is 329 g/mol. The summed E-state index contributed by atoms with van der Waals surface area (Å²) in [5, 5.41) is 12.9. The molecule has 0 saturated heterocycles. The van der Waals surface area contributed by atoms with Crippen LogP contribution in [0.3, 0.4) is 0 Å². The van der Waals surface area contributed by atoms with E-state index in [1.54, 1.807) is 6.92 Å². The van der Waals surface area contributed by atoms with Crippen molar-refractivity contribution in [2.45, 2.75) is 12.5 Å². The molecule has 4 nitrogen and oxygen atoms in total. The molecule has 20 heavy (non-hydrogen) atoms. The second-order valence-corrected chi connectivity index (χ2v) is 5.38. The van der Waals surface area contributed by atoms with Gasteiger partial charge in [-0.15, -0.1) is 0 Å². The van der Waals surface area contributed by atoms with Crippen LogP contribution in [0.15, 0.2) is 45.7 Å². The van der Waals surface area contributed by atoms with Crippen molar-refractivity contribution in [2.24, 2.45) is 0 Å². The largest absolute Gasteiger partial charge is 0.457 e. The third kappa shape index (κ3) is 3.46. The van der Waals surface area contributed by atoms with Gasteiger partial charge in [-0.3, -0.25) is 4.79 Å². The summed E-state index contributed by atoms with van der Waals surface area (Å²) < 4.78 is 18.3. The van der Waals surface area contributed by atoms with Crippen LogP contribution in [0.5, 0.6) is 0 Å². The molecule has 0 fully saturated rings. The average Bonchev–Trinajstić information content (AvgIpc) is 2.83. The molecule has 1 unspecified atom stereocenters. The van der Waals surface area contributed by atoms with E-state index in [2.05, 4.69) is 21.2 Å². The van der Waals surface area contributed by atoms with Crippen LogP contribution in [0.1, 0.15) is 22.8 Å². The summed E-state index contributed by atoms with van der Waals surface area (Å²) in [5.41, 5.74) is -0.413. The number of hydrogen-bond acceptors (Lipinski definition) is 3. The second kappa shape index (κ2) is 5.76. The SMILES string of the molecule is CC(O)(CNC(=O)c1coc(Br)c1)c1ccc(F)cc1. The molecule has 0 radical (unpaired) electrons. The Balaban J connectivity index is 2.02. The number of carbonyl (C=O) groups excluding carboxylic acids is 1. The predicted molar refractivity (Wildman–Crippen MR) is 74.7 cm³/mol. The van der Waals surface area contributed by atoms with Gasteiger partial charge in [-0.2, -0.15) is 0 Å². The van der Waals surface area contributed by atoms with E-state index >= 15 is 0 Å². The fourth-order valence-electron chi connectivity index (χ4n) is 1.69. The first-order chi connectivity index (χ1) is 9.38. The van der Waals surface area contributed by atoms with Gasteiger partial charge in [0, 0.05) is 6.07 Å². The minimum absolute atomic E-state index is 0.000263. The first-order valence-electron chi connectivity index (χ1n) is 5.89. The fraction of sp³-hybridized carbons (Fsp3) is 0.214. The minimum Gasteiger partial charge on any atom is -0.457 e. The van der Waals surface area contributed by atoms with E-state index in [4.69, 9.17) is 4.42 Å². The lowest BCUT2D eigenvalue weighted by atomic mass is 9.96. The van der Waals surface area contributed by atoms with E-state index in [1.807, 2.05) is 0 Å². The van der Waals surface area contributed by atoms with Gasteiger partial charge in [-0.05, 0) is 40.5 Å². The van der Waals surface area contributed by atoms with Crippen LogP contribution >= 0.6 is 15.9 Å². The summed E-state index contributed by atoms with van der Waals surface area (Å²) in [4.78, 5) is 11.8. The van der Waals surface area contributed by atoms with Crippen molar-refractivity contribution in [3.63, 3.8) is 0 Å². The number of nitrogens with one attached hydrogen (secondary N) is 1. The highest BCUT2D eigenvalue weighted by molar-refractivity contribution is 9.10. The molecule has 0 aliphatic heterocycles. The Hall–Kier alpha value is -1.66. The molecule has 106 valence electrons. The number of amides is 1. The maximum Gasteiger partial charge on any atom is 0.254 e. The zero-order chi connectivity index (χ0) is 14.8. The zero-order valence-electron chi connectivity index (χ0n) is 10.7. The molecule has 0 bridgehead atoms. The lowest BCUT2D eigenvalue weighted by molar-refractivity contribution is 0.0525. The van der Waals surface area contributed by atoms with Crippen molar-refractivity contribution in [3.8, 4) is 0 Å². The van der Waals surface area contributed by atoms with Gasteiger partial charge in [-0.1, -0.05) is 12.1 Å². The Morgan fingerprint density at radius 3 is 2.65 bits per heavy atom. The van der Waals surface area contributed by atoms with Crippen LogP contribution in [0.2, 0.25) is 0 Å². The smallest absolute Gasteiger partial charge is 0.254 e. The average molecular weight is 342 g/mol. The summed E-state index contributed by atoms with van der Waals surface area (Å²) in [5.74, 6) is -0.737. The van der Waals surface area contributed by atoms with Crippen LogP contribution in [0, 0.1) is 5.82 Å². The van der Waals surface area contributed by atoms with Gasteiger partial charge in [0.15, 0.2) is 4.67 Å². The van der Waals surface area contributed by atoms with Crippen LogP contribution in [-0.2, 0) is 5.60 Å². The molecular formula is C14H13BrFNO3. The molecule has 0 spiro atoms. The van der Waals surface area contributed by atoms with Gasteiger partial charge in [-0.25, -0.2) is 4.39 Å². The highest BCUT2D eigenvalue weighted by Gasteiger charge is 2.24. The van der Waals surface area contributed by atoms with Crippen molar-refractivity contribution in [2.75, 3.05) is 6.54 Å². The molecule has 2 aromatic rings. The lowest BCUT2D eigenvalue weighted by Crippen LogP contribution is -2.38. The second-order valence-electron chi connectivity index (χ2n) is 4.60.